The van der Waals surface area contributed by atoms with Crippen LogP contribution in [-0.4, -0.2) is 215 Å². The molecule has 3 rings (SSSR count). The van der Waals surface area contributed by atoms with Crippen molar-refractivity contribution < 1.29 is 104 Å². The number of aliphatic carboxylic acids is 1. The molecule has 3 fully saturated rings. The molecular formula is C68H124N2O21. The molecular weight excluding hydrogens is 1180 g/mol. The van der Waals surface area contributed by atoms with Gasteiger partial charge in [0.2, 0.25) is 11.8 Å². The molecule has 0 spiro atoms. The van der Waals surface area contributed by atoms with Gasteiger partial charge in [0.25, 0.3) is 5.79 Å². The molecule has 23 heteroatoms. The predicted octanol–water partition coefficient (Wildman–Crippen LogP) is 6.45. The van der Waals surface area contributed by atoms with Gasteiger partial charge in [0.1, 0.15) is 67.1 Å². The van der Waals surface area contributed by atoms with E-state index in [2.05, 4.69) is 36.6 Å². The average molecular weight is 1310 g/mol. The second-order valence-corrected chi connectivity index (χ2v) is 25.7. The number of aliphatic hydroxyl groups is 11. The number of carbonyl (C=O) groups is 3. The summed E-state index contributed by atoms with van der Waals surface area (Å²) >= 11 is 0. The molecule has 18 unspecified atom stereocenters. The molecule has 2 amide bonds. The third-order valence-electron chi connectivity index (χ3n) is 17.9. The molecule has 91 heavy (non-hydrogen) atoms. The lowest BCUT2D eigenvalue weighted by molar-refractivity contribution is -0.386. The van der Waals surface area contributed by atoms with Crippen LogP contribution in [0.1, 0.15) is 252 Å². The van der Waals surface area contributed by atoms with Crippen molar-refractivity contribution in [2.24, 2.45) is 0 Å². The molecule has 0 bridgehead atoms. The Morgan fingerprint density at radius 3 is 1.49 bits per heavy atom. The van der Waals surface area contributed by atoms with Crippen molar-refractivity contribution in [2.45, 2.75) is 362 Å². The first-order valence-electron chi connectivity index (χ1n) is 35.2. The van der Waals surface area contributed by atoms with Gasteiger partial charge in [-0.15, -0.1) is 0 Å². The molecule has 3 aliphatic heterocycles. The first kappa shape index (κ1) is 82.4. The van der Waals surface area contributed by atoms with E-state index in [1.54, 1.807) is 6.08 Å². The molecule has 0 aromatic heterocycles. The average Bonchev–Trinajstić information content (AvgIpc) is 0.773. The van der Waals surface area contributed by atoms with Gasteiger partial charge >= 0.3 is 5.97 Å². The largest absolute Gasteiger partial charge is 0.477 e. The number of rotatable bonds is 53. The standard InChI is InChI=1S/C68H124N2O21/c1-4-6-8-10-12-14-15-16-17-18-19-20-21-22-23-24-25-26-27-28-29-30-31-32-34-36-38-40-42-55(78)70-49(50(75)41-39-37-35-33-13-11-9-7-5-2)47-86-65-60(82)59(81)62(54(46-73)88-65)89-66-61(83)64(58(80)53(45-72)87-66)91-68(67(84)85)43-51(76)56(69-48(3)74)63(90-68)57(79)52(77)44-71/h22-23,39,41,49-54,56-66,71-73,75-77,79-83H,4-21,24-38,40,42-47H2,1-3H3,(H,69,74)(H,70,78)(H,84,85)/b23-22-,41-39+. The normalized spacial score (nSPS) is 28.5. The fourth-order valence-electron chi connectivity index (χ4n) is 12.2. The van der Waals surface area contributed by atoms with Crippen LogP contribution in [0, 0.1) is 0 Å². The number of carboxylic acids is 1. The summed E-state index contributed by atoms with van der Waals surface area (Å²) in [5, 5.41) is 136. The lowest BCUT2D eigenvalue weighted by Crippen LogP contribution is -2.70. The smallest absolute Gasteiger partial charge is 0.364 e. The number of ether oxygens (including phenoxy) is 6. The van der Waals surface area contributed by atoms with Crippen LogP contribution >= 0.6 is 0 Å². The van der Waals surface area contributed by atoms with Gasteiger partial charge in [-0.3, -0.25) is 9.59 Å². The van der Waals surface area contributed by atoms with Crippen LogP contribution in [0.25, 0.3) is 0 Å². The highest BCUT2D eigenvalue weighted by Gasteiger charge is 2.60. The lowest BCUT2D eigenvalue weighted by Gasteiger charge is -2.50. The topological polar surface area (TPSA) is 373 Å². The van der Waals surface area contributed by atoms with Crippen molar-refractivity contribution in [1.29, 1.82) is 0 Å². The van der Waals surface area contributed by atoms with E-state index in [1.165, 1.54) is 148 Å². The van der Waals surface area contributed by atoms with Gasteiger partial charge < -0.3 is 100 Å². The minimum Gasteiger partial charge on any atom is -0.477 e. The zero-order chi connectivity index (χ0) is 66.8. The van der Waals surface area contributed by atoms with Crippen molar-refractivity contribution in [3.05, 3.63) is 24.3 Å². The summed E-state index contributed by atoms with van der Waals surface area (Å²) in [7, 11) is 0. The minimum absolute atomic E-state index is 0.200. The fourth-order valence-corrected chi connectivity index (χ4v) is 12.2. The third kappa shape index (κ3) is 31.3. The van der Waals surface area contributed by atoms with Gasteiger partial charge in [0.15, 0.2) is 12.6 Å². The van der Waals surface area contributed by atoms with Gasteiger partial charge in [-0.05, 0) is 44.9 Å². The van der Waals surface area contributed by atoms with E-state index in [0.717, 1.165) is 64.7 Å². The van der Waals surface area contributed by atoms with Crippen molar-refractivity contribution in [3.8, 4) is 0 Å². The molecule has 0 aromatic rings. The van der Waals surface area contributed by atoms with Crippen LogP contribution in [0.4, 0.5) is 0 Å². The van der Waals surface area contributed by atoms with Crippen LogP contribution in [0.15, 0.2) is 24.3 Å². The predicted molar refractivity (Wildman–Crippen MR) is 343 cm³/mol. The van der Waals surface area contributed by atoms with Gasteiger partial charge in [-0.25, -0.2) is 4.79 Å². The van der Waals surface area contributed by atoms with Crippen molar-refractivity contribution in [2.75, 3.05) is 26.4 Å². The van der Waals surface area contributed by atoms with E-state index in [-0.39, 0.29) is 12.3 Å². The zero-order valence-electron chi connectivity index (χ0n) is 55.4. The molecule has 3 heterocycles. The maximum atomic E-state index is 13.4. The minimum atomic E-state index is -3.08. The van der Waals surface area contributed by atoms with E-state index in [0.29, 0.717) is 12.8 Å². The number of hydrogen-bond donors (Lipinski definition) is 14. The summed E-state index contributed by atoms with van der Waals surface area (Å²) in [5.41, 5.74) is 0. The Kier molecular flexibility index (Phi) is 44.2. The van der Waals surface area contributed by atoms with Gasteiger partial charge in [0.05, 0.1) is 50.7 Å². The van der Waals surface area contributed by atoms with Crippen LogP contribution in [0.3, 0.4) is 0 Å². The molecule has 0 radical (unpaired) electrons. The first-order valence-corrected chi connectivity index (χ1v) is 35.2. The number of amides is 2. The van der Waals surface area contributed by atoms with E-state index in [9.17, 15) is 75.7 Å². The van der Waals surface area contributed by atoms with Gasteiger partial charge in [-0.2, -0.15) is 0 Å². The Morgan fingerprint density at radius 1 is 0.571 bits per heavy atom. The first-order chi connectivity index (χ1) is 43.9. The summed E-state index contributed by atoms with van der Waals surface area (Å²) in [6, 6.07) is -2.61. The number of nitrogens with one attached hydrogen (secondary N) is 2. The summed E-state index contributed by atoms with van der Waals surface area (Å²) in [5.74, 6) is -6.14. The lowest BCUT2D eigenvalue weighted by atomic mass is 9.88. The Hall–Kier alpha value is -2.79. The summed E-state index contributed by atoms with van der Waals surface area (Å²) in [6.07, 6.45) is 19.9. The number of carboxylic acid groups (broad SMARTS) is 1. The third-order valence-corrected chi connectivity index (χ3v) is 17.9. The van der Waals surface area contributed by atoms with E-state index < -0.39 is 155 Å². The number of unbranched alkanes of at least 4 members (excludes halogenated alkanes) is 31. The molecule has 0 aromatic carbocycles. The Labute approximate surface area is 543 Å². The molecule has 3 aliphatic rings. The Bertz CT molecular complexity index is 1940. The highest BCUT2D eigenvalue weighted by atomic mass is 16.8. The summed E-state index contributed by atoms with van der Waals surface area (Å²) < 4.78 is 34.7. The summed E-state index contributed by atoms with van der Waals surface area (Å²) in [6.45, 7) is 2.09. The highest BCUT2D eigenvalue weighted by molar-refractivity contribution is 5.77. The molecule has 0 saturated carbocycles. The van der Waals surface area contributed by atoms with Crippen molar-refractivity contribution >= 4 is 17.8 Å². The summed E-state index contributed by atoms with van der Waals surface area (Å²) in [4.78, 5) is 38.5. The van der Waals surface area contributed by atoms with Crippen molar-refractivity contribution in [3.63, 3.8) is 0 Å². The molecule has 23 nitrogen and oxygen atoms in total. The molecule has 0 aliphatic carbocycles. The van der Waals surface area contributed by atoms with E-state index in [1.807, 2.05) is 6.08 Å². The van der Waals surface area contributed by atoms with Gasteiger partial charge in [-0.1, -0.05) is 212 Å². The molecule has 3 saturated heterocycles. The highest BCUT2D eigenvalue weighted by Crippen LogP contribution is 2.39. The Morgan fingerprint density at radius 2 is 1.03 bits per heavy atom. The number of carbonyl (C=O) groups excluding carboxylic acids is 2. The fraction of sp³-hybridized carbons (Fsp3) is 0.897. The molecule has 14 N–H and O–H groups in total. The zero-order valence-corrected chi connectivity index (χ0v) is 55.4. The number of hydrogen-bond acceptors (Lipinski definition) is 20. The van der Waals surface area contributed by atoms with E-state index in [4.69, 9.17) is 28.4 Å². The van der Waals surface area contributed by atoms with Crippen molar-refractivity contribution in [1.82, 2.24) is 10.6 Å². The van der Waals surface area contributed by atoms with Gasteiger partial charge in [0, 0.05) is 19.8 Å². The molecule has 532 valence electrons. The van der Waals surface area contributed by atoms with Crippen LogP contribution < -0.4 is 10.6 Å². The maximum Gasteiger partial charge on any atom is 0.364 e. The SMILES string of the molecule is CCCCCCCCC/C=C/C(O)C(COC1OC(CO)C(OC2OC(CO)C(O)C(OC3(C(=O)O)CC(O)C(NC(C)=O)C(C(O)C(O)CO)O3)C2O)C(O)C1O)NC(=O)CCCCCCCCCCCCCC/C=C\CCCCCCCCCCCCCC. The maximum absolute atomic E-state index is 13.4. The number of aliphatic hydroxyl groups excluding tert-OH is 11. The van der Waals surface area contributed by atoms with E-state index >= 15 is 0 Å². The second-order valence-electron chi connectivity index (χ2n) is 25.7. The molecule has 18 atom stereocenters. The number of allylic oxidation sites excluding steroid dienone is 3. The van der Waals surface area contributed by atoms with Crippen LogP contribution in [-0.2, 0) is 42.8 Å². The van der Waals surface area contributed by atoms with Crippen LogP contribution in [0.5, 0.6) is 0 Å². The van der Waals surface area contributed by atoms with Crippen LogP contribution in [0.2, 0.25) is 0 Å². The quantitative estimate of drug-likeness (QED) is 0.0230. The monoisotopic (exact) mass is 1300 g/mol. The second kappa shape index (κ2) is 48.8. The Balaban J connectivity index is 1.50.